The highest BCUT2D eigenvalue weighted by Crippen LogP contribution is 2.44. The highest BCUT2D eigenvalue weighted by atomic mass is 16.4. The maximum atomic E-state index is 12.1. The minimum atomic E-state index is -0.652. The van der Waals surface area contributed by atoms with E-state index in [0.717, 1.165) is 52.0 Å². The smallest absolute Gasteiger partial charge is 0.312 e. The second-order valence-corrected chi connectivity index (χ2v) is 8.85. The number of likely N-dealkylation sites (tertiary alicyclic amines) is 3. The van der Waals surface area contributed by atoms with Crippen LogP contribution in [0.5, 0.6) is 0 Å². The molecule has 2 atom stereocenters. The molecule has 6 heteroatoms. The SMILES string of the molecule is O=C(O)[C@@]12CN(CCO)C[C@@H]1CN(C1CCN(CCc3ccccc3)CC1)C2. The average molecular weight is 388 g/mol. The van der Waals surface area contributed by atoms with Gasteiger partial charge in [-0.25, -0.2) is 0 Å². The van der Waals surface area contributed by atoms with E-state index < -0.39 is 11.4 Å². The average Bonchev–Trinajstić information content (AvgIpc) is 3.23. The summed E-state index contributed by atoms with van der Waals surface area (Å²) in [6.07, 6.45) is 3.37. The van der Waals surface area contributed by atoms with Crippen molar-refractivity contribution in [2.75, 3.05) is 59.0 Å². The Morgan fingerprint density at radius 2 is 1.79 bits per heavy atom. The molecule has 6 nitrogen and oxygen atoms in total. The van der Waals surface area contributed by atoms with Crippen LogP contribution < -0.4 is 0 Å². The Morgan fingerprint density at radius 1 is 1.04 bits per heavy atom. The van der Waals surface area contributed by atoms with Crippen LogP contribution in [-0.2, 0) is 11.2 Å². The van der Waals surface area contributed by atoms with Crippen molar-refractivity contribution in [3.63, 3.8) is 0 Å². The van der Waals surface area contributed by atoms with Gasteiger partial charge in [0, 0.05) is 51.2 Å². The summed E-state index contributed by atoms with van der Waals surface area (Å²) in [5.74, 6) is -0.464. The lowest BCUT2D eigenvalue weighted by Gasteiger charge is -2.37. The van der Waals surface area contributed by atoms with Crippen LogP contribution in [0, 0.1) is 11.3 Å². The summed E-state index contributed by atoms with van der Waals surface area (Å²) in [5.41, 5.74) is 0.757. The molecule has 0 aliphatic carbocycles. The van der Waals surface area contributed by atoms with Gasteiger partial charge in [-0.15, -0.1) is 0 Å². The van der Waals surface area contributed by atoms with Gasteiger partial charge in [0.05, 0.1) is 12.0 Å². The third kappa shape index (κ3) is 3.96. The largest absolute Gasteiger partial charge is 0.481 e. The number of β-amino-alcohol motifs (C(OH)–C–C–N with tert-alkyl or cyclic N) is 1. The van der Waals surface area contributed by atoms with Crippen molar-refractivity contribution in [3.8, 4) is 0 Å². The minimum Gasteiger partial charge on any atom is -0.481 e. The number of piperidine rings is 1. The van der Waals surface area contributed by atoms with E-state index in [0.29, 0.717) is 25.7 Å². The third-order valence-electron chi connectivity index (χ3n) is 7.18. The van der Waals surface area contributed by atoms with E-state index >= 15 is 0 Å². The number of rotatable bonds is 7. The van der Waals surface area contributed by atoms with Crippen LogP contribution in [0.15, 0.2) is 30.3 Å². The summed E-state index contributed by atoms with van der Waals surface area (Å²) >= 11 is 0. The molecular weight excluding hydrogens is 354 g/mol. The number of carboxylic acids is 1. The van der Waals surface area contributed by atoms with Crippen molar-refractivity contribution in [3.05, 3.63) is 35.9 Å². The van der Waals surface area contributed by atoms with E-state index in [4.69, 9.17) is 0 Å². The molecule has 0 aromatic heterocycles. The van der Waals surface area contributed by atoms with Gasteiger partial charge in [0.1, 0.15) is 0 Å². The van der Waals surface area contributed by atoms with Gasteiger partial charge in [0.2, 0.25) is 0 Å². The first-order chi connectivity index (χ1) is 13.6. The third-order valence-corrected chi connectivity index (χ3v) is 7.18. The zero-order chi connectivity index (χ0) is 19.6. The molecule has 154 valence electrons. The molecular formula is C22H33N3O3. The molecule has 3 aliphatic heterocycles. The molecule has 0 spiro atoms. The first-order valence-corrected chi connectivity index (χ1v) is 10.7. The standard InChI is InChI=1S/C22H33N3O3/c26-13-12-24-14-19-15-25(17-22(19,16-24)21(27)28)20-7-10-23(11-8-20)9-6-18-4-2-1-3-5-18/h1-5,19-20,26H,6-17H2,(H,27,28)/t19-,22-/m1/s1. The topological polar surface area (TPSA) is 67.2 Å². The Labute approximate surface area is 167 Å². The van der Waals surface area contributed by atoms with Crippen LogP contribution in [0.4, 0.5) is 0 Å². The maximum absolute atomic E-state index is 12.1. The summed E-state index contributed by atoms with van der Waals surface area (Å²) in [6, 6.07) is 11.2. The monoisotopic (exact) mass is 387 g/mol. The predicted octanol–water partition coefficient (Wildman–Crippen LogP) is 1.00. The van der Waals surface area contributed by atoms with Gasteiger partial charge in [-0.05, 0) is 37.9 Å². The highest BCUT2D eigenvalue weighted by molar-refractivity contribution is 5.77. The number of carbonyl (C=O) groups is 1. The first kappa shape index (κ1) is 19.8. The zero-order valence-electron chi connectivity index (χ0n) is 16.7. The van der Waals surface area contributed by atoms with E-state index in [9.17, 15) is 15.0 Å². The molecule has 1 aromatic carbocycles. The Balaban J connectivity index is 1.28. The lowest BCUT2D eigenvalue weighted by atomic mass is 9.81. The van der Waals surface area contributed by atoms with Crippen LogP contribution >= 0.6 is 0 Å². The van der Waals surface area contributed by atoms with Crippen molar-refractivity contribution in [2.45, 2.75) is 25.3 Å². The van der Waals surface area contributed by atoms with Crippen LogP contribution in [0.1, 0.15) is 18.4 Å². The van der Waals surface area contributed by atoms with Crippen LogP contribution in [0.2, 0.25) is 0 Å². The molecule has 28 heavy (non-hydrogen) atoms. The summed E-state index contributed by atoms with van der Waals surface area (Å²) in [4.78, 5) is 19.3. The second-order valence-electron chi connectivity index (χ2n) is 8.85. The van der Waals surface area contributed by atoms with Gasteiger partial charge in [-0.2, -0.15) is 0 Å². The highest BCUT2D eigenvalue weighted by Gasteiger charge is 2.58. The molecule has 0 radical (unpaired) electrons. The van der Waals surface area contributed by atoms with Crippen molar-refractivity contribution in [2.24, 2.45) is 11.3 Å². The number of aliphatic hydroxyl groups excluding tert-OH is 1. The Kier molecular flexibility index (Phi) is 6.01. The number of hydrogen-bond donors (Lipinski definition) is 2. The Morgan fingerprint density at radius 3 is 2.43 bits per heavy atom. The van der Waals surface area contributed by atoms with Crippen LogP contribution in [0.3, 0.4) is 0 Å². The summed E-state index contributed by atoms with van der Waals surface area (Å²) in [5, 5.41) is 19.2. The first-order valence-electron chi connectivity index (χ1n) is 10.7. The van der Waals surface area contributed by atoms with Crippen molar-refractivity contribution >= 4 is 5.97 Å². The molecule has 3 saturated heterocycles. The van der Waals surface area contributed by atoms with E-state index in [1.807, 2.05) is 0 Å². The molecule has 0 bridgehead atoms. The van der Waals surface area contributed by atoms with Gasteiger partial charge in [0.15, 0.2) is 0 Å². The van der Waals surface area contributed by atoms with Crippen molar-refractivity contribution in [1.29, 1.82) is 0 Å². The number of aliphatic carboxylic acids is 1. The molecule has 0 unspecified atom stereocenters. The van der Waals surface area contributed by atoms with Crippen LogP contribution in [0.25, 0.3) is 0 Å². The van der Waals surface area contributed by atoms with E-state index in [-0.39, 0.29) is 12.5 Å². The molecule has 3 aliphatic rings. The number of benzene rings is 1. The van der Waals surface area contributed by atoms with Gasteiger partial charge >= 0.3 is 5.97 Å². The van der Waals surface area contributed by atoms with Gasteiger partial charge in [-0.3, -0.25) is 14.6 Å². The quantitative estimate of drug-likeness (QED) is 0.728. The summed E-state index contributed by atoms with van der Waals surface area (Å²) in [6.45, 7) is 6.96. The second kappa shape index (κ2) is 8.49. The van der Waals surface area contributed by atoms with Gasteiger partial charge in [0.25, 0.3) is 0 Å². The molecule has 1 aromatic rings. The Hall–Kier alpha value is -1.47. The fourth-order valence-electron chi connectivity index (χ4n) is 5.54. The zero-order valence-corrected chi connectivity index (χ0v) is 16.7. The fraction of sp³-hybridized carbons (Fsp3) is 0.682. The number of hydrogen-bond acceptors (Lipinski definition) is 5. The maximum Gasteiger partial charge on any atom is 0.312 e. The van der Waals surface area contributed by atoms with Crippen LogP contribution in [-0.4, -0.2) is 95.9 Å². The molecule has 3 fully saturated rings. The molecule has 0 saturated carbocycles. The molecule has 2 N–H and O–H groups in total. The van der Waals surface area contributed by atoms with Gasteiger partial charge in [-0.1, -0.05) is 30.3 Å². The number of fused-ring (bicyclic) bond motifs is 1. The minimum absolute atomic E-state index is 0.105. The van der Waals surface area contributed by atoms with E-state index in [2.05, 4.69) is 45.0 Å². The van der Waals surface area contributed by atoms with Crippen molar-refractivity contribution < 1.29 is 15.0 Å². The molecule has 4 rings (SSSR count). The van der Waals surface area contributed by atoms with Gasteiger partial charge < -0.3 is 15.1 Å². The number of aliphatic hydroxyl groups is 1. The Bertz CT molecular complexity index is 662. The normalized spacial score (nSPS) is 30.0. The molecule has 3 heterocycles. The summed E-state index contributed by atoms with van der Waals surface area (Å²) < 4.78 is 0. The molecule has 0 amide bonds. The lowest BCUT2D eigenvalue weighted by molar-refractivity contribution is -0.149. The van der Waals surface area contributed by atoms with E-state index in [1.54, 1.807) is 0 Å². The summed E-state index contributed by atoms with van der Waals surface area (Å²) in [7, 11) is 0. The number of nitrogens with zero attached hydrogens (tertiary/aromatic N) is 3. The number of carboxylic acid groups (broad SMARTS) is 1. The predicted molar refractivity (Wildman–Crippen MR) is 108 cm³/mol. The van der Waals surface area contributed by atoms with E-state index in [1.165, 1.54) is 5.56 Å². The van der Waals surface area contributed by atoms with Crippen molar-refractivity contribution in [1.82, 2.24) is 14.7 Å². The lowest BCUT2D eigenvalue weighted by Crippen LogP contribution is -2.47. The fourth-order valence-corrected chi connectivity index (χ4v) is 5.54.